The van der Waals surface area contributed by atoms with E-state index < -0.39 is 16.5 Å². The van der Waals surface area contributed by atoms with Gasteiger partial charge in [0.15, 0.2) is 16.6 Å². The fourth-order valence-electron chi connectivity index (χ4n) is 3.44. The Bertz CT molecular complexity index is 1410. The third-order valence-corrected chi connectivity index (χ3v) is 6.66. The molecular formula is C23H19ClN4O6S. The molecule has 12 heteroatoms. The molecule has 0 saturated carbocycles. The lowest BCUT2D eigenvalue weighted by Crippen LogP contribution is -2.31. The first kappa shape index (κ1) is 24.2. The summed E-state index contributed by atoms with van der Waals surface area (Å²) in [6.07, 6.45) is 1.59. The summed E-state index contributed by atoms with van der Waals surface area (Å²) in [6, 6.07) is 11.1. The van der Waals surface area contributed by atoms with Gasteiger partial charge in [0, 0.05) is 12.3 Å². The van der Waals surface area contributed by atoms with Crippen LogP contribution in [-0.2, 0) is 6.54 Å². The van der Waals surface area contributed by atoms with Gasteiger partial charge in [-0.05, 0) is 24.3 Å². The van der Waals surface area contributed by atoms with Gasteiger partial charge in [0.25, 0.3) is 11.6 Å². The Morgan fingerprint density at radius 2 is 1.80 bits per heavy atom. The van der Waals surface area contributed by atoms with Gasteiger partial charge >= 0.3 is 0 Å². The molecule has 0 aliphatic heterocycles. The molecule has 0 unspecified atom stereocenters. The van der Waals surface area contributed by atoms with Crippen LogP contribution < -0.4 is 19.1 Å². The Labute approximate surface area is 208 Å². The number of thiazole rings is 1. The summed E-state index contributed by atoms with van der Waals surface area (Å²) in [5.41, 5.74) is 0.401. The van der Waals surface area contributed by atoms with Crippen molar-refractivity contribution < 1.29 is 23.9 Å². The van der Waals surface area contributed by atoms with Gasteiger partial charge in [-0.3, -0.25) is 24.8 Å². The molecule has 10 nitrogen and oxygen atoms in total. The smallest absolute Gasteiger partial charge is 0.286 e. The van der Waals surface area contributed by atoms with Gasteiger partial charge in [-0.2, -0.15) is 0 Å². The highest BCUT2D eigenvalue weighted by atomic mass is 35.5. The van der Waals surface area contributed by atoms with Crippen LogP contribution in [0.3, 0.4) is 0 Å². The predicted molar refractivity (Wildman–Crippen MR) is 132 cm³/mol. The summed E-state index contributed by atoms with van der Waals surface area (Å²) in [5.74, 6) is 0.114. The minimum Gasteiger partial charge on any atom is -0.494 e. The number of benzene rings is 2. The number of carbonyl (C=O) groups is 1. The van der Waals surface area contributed by atoms with Crippen molar-refractivity contribution in [1.82, 2.24) is 9.97 Å². The van der Waals surface area contributed by atoms with Crippen molar-refractivity contribution in [3.8, 4) is 17.2 Å². The monoisotopic (exact) mass is 514 g/mol. The molecule has 0 N–H and O–H groups in total. The van der Waals surface area contributed by atoms with Gasteiger partial charge < -0.3 is 14.2 Å². The fourth-order valence-corrected chi connectivity index (χ4v) is 4.69. The van der Waals surface area contributed by atoms with Crippen LogP contribution in [0.2, 0.25) is 5.02 Å². The second kappa shape index (κ2) is 10.1. The quantitative estimate of drug-likeness (QED) is 0.235. The molecule has 35 heavy (non-hydrogen) atoms. The molecule has 1 amide bonds. The molecule has 0 atom stereocenters. The number of nitro benzene ring substituents is 1. The Morgan fingerprint density at radius 3 is 2.43 bits per heavy atom. The Kier molecular flexibility index (Phi) is 6.99. The van der Waals surface area contributed by atoms with Gasteiger partial charge in [0.05, 0.1) is 54.3 Å². The lowest BCUT2D eigenvalue weighted by Gasteiger charge is -2.20. The molecule has 0 aliphatic rings. The van der Waals surface area contributed by atoms with E-state index in [4.69, 9.17) is 25.8 Å². The first-order valence-electron chi connectivity index (χ1n) is 10.1. The highest BCUT2D eigenvalue weighted by Crippen LogP contribution is 2.41. The summed E-state index contributed by atoms with van der Waals surface area (Å²) in [4.78, 5) is 35.3. The average Bonchev–Trinajstić information content (AvgIpc) is 3.33. The average molecular weight is 515 g/mol. The molecule has 0 saturated heterocycles. The van der Waals surface area contributed by atoms with Crippen molar-refractivity contribution in [3.63, 3.8) is 0 Å². The first-order chi connectivity index (χ1) is 16.9. The van der Waals surface area contributed by atoms with E-state index >= 15 is 0 Å². The zero-order valence-electron chi connectivity index (χ0n) is 18.9. The fraction of sp³-hybridized carbons (Fsp3) is 0.174. The number of anilines is 1. The van der Waals surface area contributed by atoms with Gasteiger partial charge in [-0.1, -0.05) is 29.0 Å². The highest BCUT2D eigenvalue weighted by molar-refractivity contribution is 7.23. The number of hydrogen-bond acceptors (Lipinski definition) is 9. The van der Waals surface area contributed by atoms with E-state index in [1.807, 2.05) is 0 Å². The van der Waals surface area contributed by atoms with Crippen molar-refractivity contribution >= 4 is 49.9 Å². The number of halogens is 1. The number of nitrogens with zero attached hydrogens (tertiary/aromatic N) is 4. The molecule has 0 radical (unpaired) electrons. The SMILES string of the molecule is COc1cc(C(=O)N(Cc2ccccn2)c2nc3c(OC)ccc(Cl)c3s2)c([N+](=O)[O-])cc1OC. The third-order valence-electron chi connectivity index (χ3n) is 5.12. The molecule has 2 aromatic heterocycles. The van der Waals surface area contributed by atoms with Crippen LogP contribution in [0.1, 0.15) is 16.1 Å². The molecule has 4 aromatic rings. The number of fused-ring (bicyclic) bond motifs is 1. The predicted octanol–water partition coefficient (Wildman–Crippen LogP) is 5.13. The van der Waals surface area contributed by atoms with Crippen LogP contribution in [0, 0.1) is 10.1 Å². The zero-order chi connectivity index (χ0) is 25.1. The molecule has 2 heterocycles. The molecular weight excluding hydrogens is 496 g/mol. The summed E-state index contributed by atoms with van der Waals surface area (Å²) in [7, 11) is 4.24. The molecule has 0 spiro atoms. The van der Waals surface area contributed by atoms with Crippen LogP contribution in [0.25, 0.3) is 10.2 Å². The number of amides is 1. The molecule has 2 aromatic carbocycles. The van der Waals surface area contributed by atoms with Crippen LogP contribution in [0.15, 0.2) is 48.7 Å². The highest BCUT2D eigenvalue weighted by Gasteiger charge is 2.31. The summed E-state index contributed by atoms with van der Waals surface area (Å²) in [5, 5.41) is 12.6. The van der Waals surface area contributed by atoms with E-state index in [-0.39, 0.29) is 28.7 Å². The maximum atomic E-state index is 13.9. The van der Waals surface area contributed by atoms with Crippen LogP contribution in [0.4, 0.5) is 10.8 Å². The molecule has 0 aliphatic carbocycles. The number of carbonyl (C=O) groups excluding carboxylic acids is 1. The third kappa shape index (κ3) is 4.68. The van der Waals surface area contributed by atoms with Crippen molar-refractivity contribution in [1.29, 1.82) is 0 Å². The number of nitro groups is 1. The molecule has 0 bridgehead atoms. The van der Waals surface area contributed by atoms with Gasteiger partial charge in [0.1, 0.15) is 16.8 Å². The normalized spacial score (nSPS) is 10.7. The van der Waals surface area contributed by atoms with Crippen LogP contribution in [0.5, 0.6) is 17.2 Å². The van der Waals surface area contributed by atoms with Crippen LogP contribution in [-0.4, -0.2) is 42.1 Å². The van der Waals surface area contributed by atoms with Crippen molar-refractivity contribution in [2.75, 3.05) is 26.2 Å². The van der Waals surface area contributed by atoms with E-state index in [1.165, 1.54) is 32.3 Å². The van der Waals surface area contributed by atoms with E-state index in [2.05, 4.69) is 9.97 Å². The van der Waals surface area contributed by atoms with Gasteiger partial charge in [-0.15, -0.1) is 0 Å². The van der Waals surface area contributed by atoms with E-state index in [0.717, 1.165) is 17.4 Å². The number of pyridine rings is 1. The Balaban J connectivity index is 1.90. The summed E-state index contributed by atoms with van der Waals surface area (Å²) < 4.78 is 16.5. The zero-order valence-corrected chi connectivity index (χ0v) is 20.4. The maximum absolute atomic E-state index is 13.9. The van der Waals surface area contributed by atoms with Gasteiger partial charge in [0.2, 0.25) is 0 Å². The number of hydrogen-bond donors (Lipinski definition) is 0. The molecule has 0 fully saturated rings. The Morgan fingerprint density at radius 1 is 1.09 bits per heavy atom. The number of rotatable bonds is 8. The number of aromatic nitrogens is 2. The van der Waals surface area contributed by atoms with Crippen molar-refractivity contribution in [2.45, 2.75) is 6.54 Å². The van der Waals surface area contributed by atoms with E-state index in [9.17, 15) is 14.9 Å². The largest absolute Gasteiger partial charge is 0.494 e. The Hall–Kier alpha value is -3.96. The first-order valence-corrected chi connectivity index (χ1v) is 11.3. The standard InChI is InChI=1S/C23H19ClN4O6S/c1-32-17-8-7-15(24)21-20(17)26-23(35-21)27(12-13-6-4-5-9-25-13)22(29)14-10-18(33-2)19(34-3)11-16(14)28(30)31/h4-11H,12H2,1-3H3. The summed E-state index contributed by atoms with van der Waals surface area (Å²) in [6.45, 7) is 0.00489. The second-order valence-electron chi connectivity index (χ2n) is 7.12. The maximum Gasteiger partial charge on any atom is 0.286 e. The van der Waals surface area contributed by atoms with E-state index in [1.54, 1.807) is 36.5 Å². The number of ether oxygens (including phenoxy) is 3. The van der Waals surface area contributed by atoms with Crippen molar-refractivity contribution in [3.05, 3.63) is 75.1 Å². The van der Waals surface area contributed by atoms with E-state index in [0.29, 0.717) is 26.7 Å². The lowest BCUT2D eigenvalue weighted by molar-refractivity contribution is -0.385. The lowest BCUT2D eigenvalue weighted by atomic mass is 10.1. The second-order valence-corrected chi connectivity index (χ2v) is 8.50. The topological polar surface area (TPSA) is 117 Å². The molecule has 4 rings (SSSR count). The van der Waals surface area contributed by atoms with Crippen molar-refractivity contribution in [2.24, 2.45) is 0 Å². The number of methoxy groups -OCH3 is 3. The minimum absolute atomic E-state index is 0.00489. The summed E-state index contributed by atoms with van der Waals surface area (Å²) >= 11 is 7.54. The molecule has 180 valence electrons. The van der Waals surface area contributed by atoms with Gasteiger partial charge in [-0.25, -0.2) is 4.98 Å². The van der Waals surface area contributed by atoms with Crippen LogP contribution >= 0.6 is 22.9 Å². The minimum atomic E-state index is -0.669.